The summed E-state index contributed by atoms with van der Waals surface area (Å²) < 4.78 is 34.3. The highest BCUT2D eigenvalue weighted by atomic mass is 16.8. The van der Waals surface area contributed by atoms with Crippen LogP contribution >= 0.6 is 0 Å². The predicted molar refractivity (Wildman–Crippen MR) is 360 cm³/mol. The molecule has 3 saturated heterocycles. The van der Waals surface area contributed by atoms with Crippen molar-refractivity contribution in [2.45, 2.75) is 356 Å². The molecule has 3 fully saturated rings. The molecule has 3 aliphatic heterocycles. The molecule has 534 valence electrons. The summed E-state index contributed by atoms with van der Waals surface area (Å²) in [5.74, 6) is -0.290. The highest BCUT2D eigenvalue weighted by molar-refractivity contribution is 5.76. The van der Waals surface area contributed by atoms with Crippen molar-refractivity contribution in [3.63, 3.8) is 0 Å². The van der Waals surface area contributed by atoms with Crippen molar-refractivity contribution in [3.8, 4) is 0 Å². The fourth-order valence-electron chi connectivity index (χ4n) is 11.8. The van der Waals surface area contributed by atoms with Gasteiger partial charge in [-0.1, -0.05) is 234 Å². The summed E-state index contributed by atoms with van der Waals surface area (Å²) in [5, 5.41) is 120. The van der Waals surface area contributed by atoms with Gasteiger partial charge in [0.1, 0.15) is 73.2 Å². The fourth-order valence-corrected chi connectivity index (χ4v) is 11.8. The van der Waals surface area contributed by atoms with Crippen LogP contribution in [0.15, 0.2) is 72.9 Å². The molecule has 0 spiro atoms. The van der Waals surface area contributed by atoms with E-state index in [0.717, 1.165) is 57.8 Å². The average molecular weight is 1310 g/mol. The number of carbonyl (C=O) groups is 1. The van der Waals surface area contributed by atoms with Crippen molar-refractivity contribution in [2.24, 2.45) is 0 Å². The summed E-state index contributed by atoms with van der Waals surface area (Å²) in [6.45, 7) is 1.67. The van der Waals surface area contributed by atoms with Crippen LogP contribution in [0.5, 0.6) is 0 Å². The van der Waals surface area contributed by atoms with Crippen LogP contribution in [0.1, 0.15) is 251 Å². The van der Waals surface area contributed by atoms with E-state index in [-0.39, 0.29) is 18.9 Å². The molecule has 3 aliphatic rings. The minimum Gasteiger partial charge on any atom is -0.394 e. The van der Waals surface area contributed by atoms with Crippen LogP contribution in [0.3, 0.4) is 0 Å². The number of aliphatic hydroxyl groups is 11. The van der Waals surface area contributed by atoms with E-state index in [2.05, 4.69) is 79.9 Å². The molecule has 0 aromatic carbocycles. The molecule has 0 aliphatic carbocycles. The van der Waals surface area contributed by atoms with E-state index in [4.69, 9.17) is 28.4 Å². The maximum atomic E-state index is 13.4. The van der Waals surface area contributed by atoms with Gasteiger partial charge in [-0.05, 0) is 83.5 Å². The van der Waals surface area contributed by atoms with Gasteiger partial charge in [0.25, 0.3) is 0 Å². The van der Waals surface area contributed by atoms with Gasteiger partial charge in [-0.15, -0.1) is 0 Å². The van der Waals surface area contributed by atoms with E-state index < -0.39 is 124 Å². The topological polar surface area (TPSA) is 307 Å². The van der Waals surface area contributed by atoms with Gasteiger partial charge in [-0.25, -0.2) is 0 Å². The van der Waals surface area contributed by atoms with Gasteiger partial charge in [-0.2, -0.15) is 0 Å². The SMILES string of the molecule is CCCCCC/C=C/CC/C=C/CC/C=C/C(O)C(COC1OC(CO)C(OC2OC(CO)C(OC3OC(CO)C(O)C(O)C3O)C(O)C2O)C(O)C1O)NC(=O)CCCCCCCCCCCCCCCCCCCC/C=C\C/C=C\C/C=C\CCCCCCC. The molecule has 17 atom stereocenters. The van der Waals surface area contributed by atoms with Gasteiger partial charge in [0.15, 0.2) is 18.9 Å². The standard InChI is InChI=1S/C73H129NO18/c1-3-5-7-9-11-13-15-17-19-20-21-22-23-24-25-26-27-28-29-30-31-32-33-34-35-36-37-39-41-43-45-47-49-51-61(79)74-56(57(78)50-48-46-44-42-40-38-18-16-14-12-10-8-6-4-2)55-87-71-67(85)64(82)69(59(53-76)89-71)92-73-68(86)65(83)70(60(54-77)90-73)91-72-66(84)63(81)62(80)58(52-75)88-72/h14-17,20-21,23-24,40,42,48,50,56-60,62-73,75-78,80-86H,3-13,18-19,22,25-39,41,43-47,49,51-55H2,1-2H3,(H,74,79)/b16-14+,17-15-,21-20-,24-23-,42-40+,50-48+. The van der Waals surface area contributed by atoms with E-state index in [1.165, 1.54) is 161 Å². The molecular weight excluding hydrogens is 1180 g/mol. The van der Waals surface area contributed by atoms with Crippen molar-refractivity contribution < 1.29 is 89.4 Å². The first kappa shape index (κ1) is 83.5. The number of hydrogen-bond donors (Lipinski definition) is 12. The highest BCUT2D eigenvalue weighted by Gasteiger charge is 2.53. The van der Waals surface area contributed by atoms with Crippen LogP contribution in [0.4, 0.5) is 0 Å². The molecular formula is C73H129NO18. The Balaban J connectivity index is 1.36. The third-order valence-corrected chi connectivity index (χ3v) is 17.7. The Morgan fingerprint density at radius 3 is 1.17 bits per heavy atom. The lowest BCUT2D eigenvalue weighted by atomic mass is 9.96. The van der Waals surface area contributed by atoms with Gasteiger partial charge in [0.2, 0.25) is 5.91 Å². The van der Waals surface area contributed by atoms with Crippen LogP contribution in [0.2, 0.25) is 0 Å². The van der Waals surface area contributed by atoms with Crippen molar-refractivity contribution in [1.29, 1.82) is 0 Å². The molecule has 3 rings (SSSR count). The number of unbranched alkanes of at least 4 members (excludes halogenated alkanes) is 29. The van der Waals surface area contributed by atoms with Gasteiger partial charge < -0.3 is 89.9 Å². The first-order valence-corrected chi connectivity index (χ1v) is 36.2. The highest BCUT2D eigenvalue weighted by Crippen LogP contribution is 2.33. The normalized spacial score (nSPS) is 28.1. The second-order valence-corrected chi connectivity index (χ2v) is 25.7. The third-order valence-electron chi connectivity index (χ3n) is 17.7. The number of rotatable bonds is 55. The summed E-state index contributed by atoms with van der Waals surface area (Å²) in [5.41, 5.74) is 0. The van der Waals surface area contributed by atoms with Gasteiger partial charge in [0, 0.05) is 6.42 Å². The number of nitrogens with one attached hydrogen (secondary N) is 1. The van der Waals surface area contributed by atoms with Gasteiger partial charge in [-0.3, -0.25) is 4.79 Å². The monoisotopic (exact) mass is 1310 g/mol. The largest absolute Gasteiger partial charge is 0.394 e. The van der Waals surface area contributed by atoms with Gasteiger partial charge in [0.05, 0.1) is 38.6 Å². The zero-order valence-corrected chi connectivity index (χ0v) is 56.5. The maximum Gasteiger partial charge on any atom is 0.220 e. The Morgan fingerprint density at radius 2 is 0.728 bits per heavy atom. The lowest BCUT2D eigenvalue weighted by molar-refractivity contribution is -0.379. The van der Waals surface area contributed by atoms with Gasteiger partial charge >= 0.3 is 0 Å². The van der Waals surface area contributed by atoms with E-state index in [0.29, 0.717) is 12.8 Å². The van der Waals surface area contributed by atoms with Crippen molar-refractivity contribution >= 4 is 5.91 Å². The fraction of sp³-hybridized carbons (Fsp3) is 0.822. The second-order valence-electron chi connectivity index (χ2n) is 25.7. The van der Waals surface area contributed by atoms with Crippen molar-refractivity contribution in [3.05, 3.63) is 72.9 Å². The molecule has 19 nitrogen and oxygen atoms in total. The summed E-state index contributed by atoms with van der Waals surface area (Å²) in [6.07, 6.45) is 41.9. The minimum absolute atomic E-state index is 0.231. The molecule has 92 heavy (non-hydrogen) atoms. The number of carbonyl (C=O) groups excluding carboxylic acids is 1. The van der Waals surface area contributed by atoms with Crippen molar-refractivity contribution in [1.82, 2.24) is 5.32 Å². The average Bonchev–Trinajstić information content (AvgIpc) is 0.852. The second kappa shape index (κ2) is 54.3. The number of ether oxygens (including phenoxy) is 6. The molecule has 0 bridgehead atoms. The molecule has 1 amide bonds. The summed E-state index contributed by atoms with van der Waals surface area (Å²) in [7, 11) is 0. The van der Waals surface area contributed by atoms with Crippen LogP contribution in [-0.2, 0) is 33.2 Å². The molecule has 17 unspecified atom stereocenters. The van der Waals surface area contributed by atoms with E-state index >= 15 is 0 Å². The first-order chi connectivity index (χ1) is 44.8. The smallest absolute Gasteiger partial charge is 0.220 e. The molecule has 0 aromatic heterocycles. The van der Waals surface area contributed by atoms with E-state index in [9.17, 15) is 61.0 Å². The Labute approximate surface area is 553 Å². The molecule has 0 radical (unpaired) electrons. The lowest BCUT2D eigenvalue weighted by Crippen LogP contribution is -2.66. The van der Waals surface area contributed by atoms with Crippen LogP contribution in [-0.4, -0.2) is 193 Å². The minimum atomic E-state index is -1.98. The zero-order valence-electron chi connectivity index (χ0n) is 56.5. The lowest BCUT2D eigenvalue weighted by Gasteiger charge is -2.48. The third kappa shape index (κ3) is 35.5. The Hall–Kier alpha value is -2.77. The quantitative estimate of drug-likeness (QED) is 0.0199. The molecule has 19 heteroatoms. The Morgan fingerprint density at radius 1 is 0.391 bits per heavy atom. The molecule has 12 N–H and O–H groups in total. The Kier molecular flexibility index (Phi) is 49.2. The summed E-state index contributed by atoms with van der Waals surface area (Å²) >= 11 is 0. The maximum absolute atomic E-state index is 13.4. The Bertz CT molecular complexity index is 1950. The summed E-state index contributed by atoms with van der Waals surface area (Å²) in [6, 6.07) is -0.998. The predicted octanol–water partition coefficient (Wildman–Crippen LogP) is 10.1. The first-order valence-electron chi connectivity index (χ1n) is 36.2. The number of amides is 1. The van der Waals surface area contributed by atoms with Crippen LogP contribution in [0, 0.1) is 0 Å². The summed E-state index contributed by atoms with van der Waals surface area (Å²) in [4.78, 5) is 13.4. The molecule has 0 saturated carbocycles. The van der Waals surface area contributed by atoms with Crippen molar-refractivity contribution in [2.75, 3.05) is 26.4 Å². The van der Waals surface area contributed by atoms with Crippen LogP contribution < -0.4 is 5.32 Å². The van der Waals surface area contributed by atoms with Crippen LogP contribution in [0.25, 0.3) is 0 Å². The zero-order chi connectivity index (χ0) is 66.8. The number of aliphatic hydroxyl groups excluding tert-OH is 11. The number of allylic oxidation sites excluding steroid dienone is 11. The molecule has 3 heterocycles. The number of hydrogen-bond acceptors (Lipinski definition) is 18. The van der Waals surface area contributed by atoms with E-state index in [1.54, 1.807) is 6.08 Å². The van der Waals surface area contributed by atoms with E-state index in [1.807, 2.05) is 6.08 Å². The molecule has 0 aromatic rings.